The number of carbonyl (C=O) groups excluding carboxylic acids is 2. The number of nitrogens with one attached hydrogen (secondary N) is 1. The summed E-state index contributed by atoms with van der Waals surface area (Å²) in [5, 5.41) is 6.88. The maximum atomic E-state index is 13.0. The van der Waals surface area contributed by atoms with Crippen molar-refractivity contribution < 1.29 is 14.3 Å². The predicted octanol–water partition coefficient (Wildman–Crippen LogP) is 2.48. The molecule has 8 nitrogen and oxygen atoms in total. The Kier molecular flexibility index (Phi) is 5.79. The maximum absolute atomic E-state index is 13.0. The Morgan fingerprint density at radius 3 is 2.68 bits per heavy atom. The van der Waals surface area contributed by atoms with E-state index < -0.39 is 11.5 Å². The third-order valence-electron chi connectivity index (χ3n) is 4.97. The molecule has 3 aromatic rings. The molecule has 8 heteroatoms. The van der Waals surface area contributed by atoms with Crippen LogP contribution >= 0.6 is 0 Å². The Labute approximate surface area is 179 Å². The zero-order chi connectivity index (χ0) is 21.8. The van der Waals surface area contributed by atoms with Crippen LogP contribution in [0.4, 0.5) is 11.4 Å². The smallest absolute Gasteiger partial charge is 0.278 e. The second-order valence-corrected chi connectivity index (χ2v) is 7.03. The van der Waals surface area contributed by atoms with E-state index in [0.29, 0.717) is 24.6 Å². The molecule has 1 N–H and O–H groups in total. The van der Waals surface area contributed by atoms with Crippen molar-refractivity contribution in [2.24, 2.45) is 0 Å². The van der Waals surface area contributed by atoms with Gasteiger partial charge in [-0.15, -0.1) is 0 Å². The average Bonchev–Trinajstić information content (AvgIpc) is 3.20. The van der Waals surface area contributed by atoms with Gasteiger partial charge in [0.1, 0.15) is 18.0 Å². The topological polar surface area (TPSA) is 93.5 Å². The highest BCUT2D eigenvalue weighted by Gasteiger charge is 2.26. The Morgan fingerprint density at radius 2 is 1.84 bits per heavy atom. The van der Waals surface area contributed by atoms with Crippen molar-refractivity contribution in [2.75, 3.05) is 23.4 Å². The number of nitrogens with zero attached hydrogens (tertiary/aromatic N) is 3. The molecule has 1 aromatic heterocycles. The molecule has 1 aliphatic heterocycles. The first kappa shape index (κ1) is 20.3. The fourth-order valence-electron chi connectivity index (χ4n) is 3.54. The van der Waals surface area contributed by atoms with Crippen LogP contribution in [0.3, 0.4) is 0 Å². The molecule has 0 saturated heterocycles. The number of carbonyl (C=O) groups is 2. The van der Waals surface area contributed by atoms with E-state index in [0.717, 1.165) is 22.4 Å². The molecular weight excluding hydrogens is 396 g/mol. The van der Waals surface area contributed by atoms with Crippen molar-refractivity contribution in [1.82, 2.24) is 9.78 Å². The van der Waals surface area contributed by atoms with Gasteiger partial charge in [-0.2, -0.15) is 5.10 Å². The highest BCUT2D eigenvalue weighted by Crippen LogP contribution is 2.28. The summed E-state index contributed by atoms with van der Waals surface area (Å²) in [5.41, 5.74) is 2.09. The zero-order valence-electron chi connectivity index (χ0n) is 17.1. The van der Waals surface area contributed by atoms with Gasteiger partial charge in [0.05, 0.1) is 12.3 Å². The van der Waals surface area contributed by atoms with Gasteiger partial charge in [0, 0.05) is 18.3 Å². The number of ether oxygens (including phenoxy) is 1. The van der Waals surface area contributed by atoms with Crippen LogP contribution in [-0.2, 0) is 17.8 Å². The Morgan fingerprint density at radius 1 is 1.06 bits per heavy atom. The minimum atomic E-state index is -0.466. The second-order valence-electron chi connectivity index (χ2n) is 7.03. The summed E-state index contributed by atoms with van der Waals surface area (Å²) in [5.74, 6) is -0.214. The molecule has 1 aliphatic rings. The lowest BCUT2D eigenvalue weighted by atomic mass is 10.2. The van der Waals surface area contributed by atoms with Gasteiger partial charge in [-0.3, -0.25) is 14.4 Å². The first-order chi connectivity index (χ1) is 15.1. The summed E-state index contributed by atoms with van der Waals surface area (Å²) in [6.45, 7) is 2.53. The molecule has 0 radical (unpaired) electrons. The lowest BCUT2D eigenvalue weighted by Gasteiger charge is -2.17. The van der Waals surface area contributed by atoms with Gasteiger partial charge < -0.3 is 15.0 Å². The number of fused-ring (bicyclic) bond motifs is 1. The third-order valence-corrected chi connectivity index (χ3v) is 4.97. The van der Waals surface area contributed by atoms with Crippen molar-refractivity contribution in [3.05, 3.63) is 82.3 Å². The summed E-state index contributed by atoms with van der Waals surface area (Å²) < 4.78 is 6.49. The minimum absolute atomic E-state index is 0.110. The third kappa shape index (κ3) is 4.32. The summed E-state index contributed by atoms with van der Waals surface area (Å²) >= 11 is 0. The van der Waals surface area contributed by atoms with Crippen molar-refractivity contribution >= 4 is 23.2 Å². The van der Waals surface area contributed by atoms with E-state index in [4.69, 9.17) is 4.74 Å². The second kappa shape index (κ2) is 8.83. The van der Waals surface area contributed by atoms with E-state index >= 15 is 0 Å². The molecular formula is C23H22N4O4. The quantitative estimate of drug-likeness (QED) is 0.664. The van der Waals surface area contributed by atoms with E-state index in [9.17, 15) is 14.4 Å². The van der Waals surface area contributed by atoms with Crippen LogP contribution in [0.1, 0.15) is 23.0 Å². The zero-order valence-corrected chi connectivity index (χ0v) is 17.1. The Balaban J connectivity index is 1.52. The van der Waals surface area contributed by atoms with Gasteiger partial charge in [-0.25, -0.2) is 4.68 Å². The van der Waals surface area contributed by atoms with Crippen molar-refractivity contribution in [2.45, 2.75) is 19.9 Å². The highest BCUT2D eigenvalue weighted by molar-refractivity contribution is 6.06. The summed E-state index contributed by atoms with van der Waals surface area (Å²) in [4.78, 5) is 39.4. The van der Waals surface area contributed by atoms with Crippen LogP contribution in [0.5, 0.6) is 5.75 Å². The Bertz CT molecular complexity index is 1190. The first-order valence-corrected chi connectivity index (χ1v) is 10.1. The monoisotopic (exact) mass is 418 g/mol. The number of para-hydroxylation sites is 3. The van der Waals surface area contributed by atoms with E-state index in [-0.39, 0.29) is 18.1 Å². The molecule has 0 unspecified atom stereocenters. The van der Waals surface area contributed by atoms with Gasteiger partial charge in [0.2, 0.25) is 5.91 Å². The Hall–Kier alpha value is -3.94. The van der Waals surface area contributed by atoms with Crippen molar-refractivity contribution in [3.8, 4) is 5.75 Å². The maximum Gasteiger partial charge on any atom is 0.278 e. The minimum Gasteiger partial charge on any atom is -0.492 e. The first-order valence-electron chi connectivity index (χ1n) is 10.1. The van der Waals surface area contributed by atoms with E-state index in [1.54, 1.807) is 29.2 Å². The van der Waals surface area contributed by atoms with Gasteiger partial charge in [0.25, 0.3) is 11.5 Å². The average molecular weight is 418 g/mol. The van der Waals surface area contributed by atoms with Crippen molar-refractivity contribution in [3.63, 3.8) is 0 Å². The van der Waals surface area contributed by atoms with Crippen LogP contribution in [0.15, 0.2) is 65.5 Å². The molecule has 2 heterocycles. The molecule has 0 fully saturated rings. The summed E-state index contributed by atoms with van der Waals surface area (Å²) in [6, 6.07) is 17.4. The number of aromatic nitrogens is 2. The van der Waals surface area contributed by atoms with Crippen molar-refractivity contribution in [1.29, 1.82) is 0 Å². The molecule has 4 rings (SSSR count). The van der Waals surface area contributed by atoms with E-state index in [1.807, 2.05) is 31.2 Å². The van der Waals surface area contributed by atoms with Gasteiger partial charge in [0.15, 0.2) is 0 Å². The van der Waals surface area contributed by atoms with Crippen LogP contribution in [0.25, 0.3) is 0 Å². The molecule has 0 spiro atoms. The molecule has 0 saturated carbocycles. The molecule has 2 aromatic carbocycles. The molecule has 31 heavy (non-hydrogen) atoms. The van der Waals surface area contributed by atoms with Gasteiger partial charge in [-0.05, 0) is 43.2 Å². The van der Waals surface area contributed by atoms with Crippen LogP contribution < -0.4 is 20.5 Å². The standard InChI is InChI=1S/C23H22N4O4/c1-2-31-20-10-6-4-8-17(20)24-21(28)15-27-22(29)12-11-18(25-27)23(30)26-14-13-16-7-3-5-9-19(16)26/h3-12H,2,13-15H2,1H3,(H,24,28). The predicted molar refractivity (Wildman–Crippen MR) is 117 cm³/mol. The largest absolute Gasteiger partial charge is 0.492 e. The molecule has 158 valence electrons. The van der Waals surface area contributed by atoms with E-state index in [2.05, 4.69) is 10.4 Å². The SMILES string of the molecule is CCOc1ccccc1NC(=O)Cn1nc(C(=O)N2CCc3ccccc32)ccc1=O. The lowest BCUT2D eigenvalue weighted by molar-refractivity contribution is -0.117. The number of benzene rings is 2. The van der Waals surface area contributed by atoms with Crippen LogP contribution in [0.2, 0.25) is 0 Å². The number of rotatable bonds is 6. The fourth-order valence-corrected chi connectivity index (χ4v) is 3.54. The lowest BCUT2D eigenvalue weighted by Crippen LogP contribution is -2.34. The molecule has 0 aliphatic carbocycles. The molecule has 0 atom stereocenters. The van der Waals surface area contributed by atoms with Crippen LogP contribution in [-0.4, -0.2) is 34.7 Å². The molecule has 0 bridgehead atoms. The number of anilines is 2. The normalized spacial score (nSPS) is 12.4. The number of hydrogen-bond donors (Lipinski definition) is 1. The highest BCUT2D eigenvalue weighted by atomic mass is 16.5. The fraction of sp³-hybridized carbons (Fsp3) is 0.217. The number of amides is 2. The summed E-state index contributed by atoms with van der Waals surface area (Å²) in [7, 11) is 0. The van der Waals surface area contributed by atoms with Gasteiger partial charge >= 0.3 is 0 Å². The van der Waals surface area contributed by atoms with E-state index in [1.165, 1.54) is 12.1 Å². The number of hydrogen-bond acceptors (Lipinski definition) is 5. The van der Waals surface area contributed by atoms with Gasteiger partial charge in [-0.1, -0.05) is 30.3 Å². The van der Waals surface area contributed by atoms with Crippen LogP contribution in [0, 0.1) is 0 Å². The summed E-state index contributed by atoms with van der Waals surface area (Å²) in [6.07, 6.45) is 0.767. The molecule has 2 amide bonds.